The highest BCUT2D eigenvalue weighted by Crippen LogP contribution is 2.30. The summed E-state index contributed by atoms with van der Waals surface area (Å²) in [6.45, 7) is 0.692. The molecule has 130 valence electrons. The Kier molecular flexibility index (Phi) is 5.66. The van der Waals surface area contributed by atoms with Gasteiger partial charge in [-0.25, -0.2) is 0 Å². The maximum absolute atomic E-state index is 12.5. The van der Waals surface area contributed by atoms with E-state index in [-0.39, 0.29) is 12.5 Å². The summed E-state index contributed by atoms with van der Waals surface area (Å²) < 4.78 is 0. The van der Waals surface area contributed by atoms with E-state index in [1.165, 1.54) is 11.8 Å². The Morgan fingerprint density at radius 3 is 2.64 bits per heavy atom. The van der Waals surface area contributed by atoms with Crippen molar-refractivity contribution >= 4 is 35.2 Å². The highest BCUT2D eigenvalue weighted by Gasteiger charge is 2.32. The van der Waals surface area contributed by atoms with Gasteiger partial charge in [-0.15, -0.1) is 11.8 Å². The lowest BCUT2D eigenvalue weighted by Crippen LogP contribution is -2.40. The van der Waals surface area contributed by atoms with E-state index in [0.717, 1.165) is 16.0 Å². The molecule has 1 heterocycles. The van der Waals surface area contributed by atoms with Crippen LogP contribution in [-0.4, -0.2) is 34.2 Å². The number of benzene rings is 2. The molecule has 3 rings (SSSR count). The quantitative estimate of drug-likeness (QED) is 0.801. The second-order valence-electron chi connectivity index (χ2n) is 5.89. The molecule has 0 spiro atoms. The summed E-state index contributed by atoms with van der Waals surface area (Å²) >= 11 is 7.65. The van der Waals surface area contributed by atoms with Crippen LogP contribution in [-0.2, 0) is 16.1 Å². The number of halogens is 1. The maximum atomic E-state index is 12.5. The third kappa shape index (κ3) is 4.17. The zero-order valence-corrected chi connectivity index (χ0v) is 15.1. The smallest absolute Gasteiger partial charge is 0.312 e. The molecule has 0 fully saturated rings. The van der Waals surface area contributed by atoms with E-state index >= 15 is 0 Å². The largest absolute Gasteiger partial charge is 0.481 e. The summed E-state index contributed by atoms with van der Waals surface area (Å²) in [5.74, 6) is -0.973. The average Bonchev–Trinajstić information content (AvgIpc) is 2.62. The van der Waals surface area contributed by atoms with Gasteiger partial charge in [0.15, 0.2) is 0 Å². The molecule has 0 aromatic heterocycles. The first-order valence-electron chi connectivity index (χ1n) is 8.02. The second-order valence-corrected chi connectivity index (χ2v) is 7.44. The zero-order valence-electron chi connectivity index (χ0n) is 13.5. The van der Waals surface area contributed by atoms with Gasteiger partial charge >= 0.3 is 5.97 Å². The fourth-order valence-electron chi connectivity index (χ4n) is 2.98. The van der Waals surface area contributed by atoms with E-state index in [1.54, 1.807) is 4.90 Å². The van der Waals surface area contributed by atoms with E-state index in [0.29, 0.717) is 23.7 Å². The van der Waals surface area contributed by atoms with Gasteiger partial charge in [-0.3, -0.25) is 9.59 Å². The summed E-state index contributed by atoms with van der Waals surface area (Å²) in [6.07, 6.45) is 0.352. The summed E-state index contributed by atoms with van der Waals surface area (Å²) in [7, 11) is 0. The molecule has 6 heteroatoms. The molecule has 1 atom stereocenters. The van der Waals surface area contributed by atoms with Gasteiger partial charge < -0.3 is 10.0 Å². The number of nitrogens with zero attached hydrogens (tertiary/aromatic N) is 1. The van der Waals surface area contributed by atoms with Crippen molar-refractivity contribution in [1.82, 2.24) is 4.90 Å². The number of carboxylic acids is 1. The third-order valence-electron chi connectivity index (χ3n) is 4.26. The highest BCUT2D eigenvalue weighted by atomic mass is 35.5. The van der Waals surface area contributed by atoms with Crippen molar-refractivity contribution in [2.24, 2.45) is 0 Å². The molecule has 0 radical (unpaired) electrons. The van der Waals surface area contributed by atoms with Gasteiger partial charge in [-0.1, -0.05) is 48.0 Å². The van der Waals surface area contributed by atoms with Crippen LogP contribution in [0.5, 0.6) is 0 Å². The van der Waals surface area contributed by atoms with Crippen molar-refractivity contribution in [2.45, 2.75) is 23.8 Å². The summed E-state index contributed by atoms with van der Waals surface area (Å²) in [5, 5.41) is 10.2. The van der Waals surface area contributed by atoms with Crippen molar-refractivity contribution in [3.05, 3.63) is 64.7 Å². The van der Waals surface area contributed by atoms with Crippen LogP contribution >= 0.6 is 23.4 Å². The molecular formula is C19H18ClNO3S. The Balaban J connectivity index is 1.63. The van der Waals surface area contributed by atoms with Crippen LogP contribution in [0.2, 0.25) is 5.02 Å². The maximum Gasteiger partial charge on any atom is 0.312 e. The molecule has 1 aliphatic heterocycles. The number of aliphatic carboxylic acids is 1. The molecule has 1 aliphatic rings. The van der Waals surface area contributed by atoms with Crippen molar-refractivity contribution < 1.29 is 14.7 Å². The van der Waals surface area contributed by atoms with Crippen LogP contribution in [0.1, 0.15) is 23.5 Å². The van der Waals surface area contributed by atoms with E-state index in [1.807, 2.05) is 48.5 Å². The minimum atomic E-state index is -0.893. The lowest BCUT2D eigenvalue weighted by molar-refractivity contribution is -0.141. The standard InChI is InChI=1S/C19H18ClNO3S/c20-16-7-3-4-8-17(16)25-10-9-18(22)21-11-13-5-1-2-6-14(13)15(12-21)19(23)24/h1-8,15H,9-12H2,(H,23,24). The summed E-state index contributed by atoms with van der Waals surface area (Å²) in [5.41, 5.74) is 1.72. The Bertz CT molecular complexity index is 796. The minimum Gasteiger partial charge on any atom is -0.481 e. The normalized spacial score (nSPS) is 16.4. The van der Waals surface area contributed by atoms with Gasteiger partial charge in [0.1, 0.15) is 0 Å². The van der Waals surface area contributed by atoms with Gasteiger partial charge in [0.05, 0.1) is 10.9 Å². The fourth-order valence-corrected chi connectivity index (χ4v) is 4.15. The minimum absolute atomic E-state index is 0.0275. The number of carboxylic acid groups (broad SMARTS) is 1. The van der Waals surface area contributed by atoms with Crippen molar-refractivity contribution in [1.29, 1.82) is 0 Å². The fraction of sp³-hybridized carbons (Fsp3) is 0.263. The van der Waals surface area contributed by atoms with Gasteiger partial charge in [-0.2, -0.15) is 0 Å². The lowest BCUT2D eigenvalue weighted by Gasteiger charge is -2.32. The van der Waals surface area contributed by atoms with Crippen LogP contribution < -0.4 is 0 Å². The predicted molar refractivity (Wildman–Crippen MR) is 99.0 cm³/mol. The molecule has 1 N–H and O–H groups in total. The zero-order chi connectivity index (χ0) is 17.8. The number of rotatable bonds is 5. The Labute approximate surface area is 155 Å². The molecule has 2 aromatic carbocycles. The average molecular weight is 376 g/mol. The van der Waals surface area contributed by atoms with Crippen molar-refractivity contribution in [3.63, 3.8) is 0 Å². The monoisotopic (exact) mass is 375 g/mol. The number of fused-ring (bicyclic) bond motifs is 1. The first-order chi connectivity index (χ1) is 12.1. The number of carbonyl (C=O) groups excluding carboxylic acids is 1. The van der Waals surface area contributed by atoms with Crippen LogP contribution in [0.4, 0.5) is 0 Å². The van der Waals surface area contributed by atoms with E-state index < -0.39 is 11.9 Å². The first kappa shape index (κ1) is 17.8. The molecule has 0 saturated heterocycles. The van der Waals surface area contributed by atoms with Crippen LogP contribution in [0.25, 0.3) is 0 Å². The Hall–Kier alpha value is -1.98. The lowest BCUT2D eigenvalue weighted by atomic mass is 9.89. The molecule has 2 aromatic rings. The van der Waals surface area contributed by atoms with Crippen LogP contribution in [0.3, 0.4) is 0 Å². The van der Waals surface area contributed by atoms with Crippen LogP contribution in [0.15, 0.2) is 53.4 Å². The van der Waals surface area contributed by atoms with E-state index in [9.17, 15) is 14.7 Å². The molecular weight excluding hydrogens is 358 g/mol. The van der Waals surface area contributed by atoms with Gasteiger partial charge in [-0.05, 0) is 23.3 Å². The second kappa shape index (κ2) is 7.93. The molecule has 25 heavy (non-hydrogen) atoms. The summed E-state index contributed by atoms with van der Waals surface area (Å²) in [4.78, 5) is 26.7. The summed E-state index contributed by atoms with van der Waals surface area (Å²) in [6, 6.07) is 15.0. The number of amides is 1. The number of hydrogen-bond donors (Lipinski definition) is 1. The number of carbonyl (C=O) groups is 2. The Morgan fingerprint density at radius 1 is 1.16 bits per heavy atom. The predicted octanol–water partition coefficient (Wildman–Crippen LogP) is 4.03. The van der Waals surface area contributed by atoms with E-state index in [2.05, 4.69) is 0 Å². The third-order valence-corrected chi connectivity index (χ3v) is 5.77. The number of thioether (sulfide) groups is 1. The molecule has 0 saturated carbocycles. The molecule has 0 aliphatic carbocycles. The SMILES string of the molecule is O=C(O)C1CN(C(=O)CCSc2ccccc2Cl)Cc2ccccc21. The highest BCUT2D eigenvalue weighted by molar-refractivity contribution is 7.99. The van der Waals surface area contributed by atoms with Gasteiger partial charge in [0.25, 0.3) is 0 Å². The van der Waals surface area contributed by atoms with Crippen molar-refractivity contribution in [2.75, 3.05) is 12.3 Å². The first-order valence-corrected chi connectivity index (χ1v) is 9.38. The molecule has 1 amide bonds. The molecule has 4 nitrogen and oxygen atoms in total. The van der Waals surface area contributed by atoms with Crippen LogP contribution in [0, 0.1) is 0 Å². The molecule has 1 unspecified atom stereocenters. The van der Waals surface area contributed by atoms with Gasteiger partial charge in [0, 0.05) is 30.2 Å². The number of hydrogen-bond acceptors (Lipinski definition) is 3. The topological polar surface area (TPSA) is 57.6 Å². The van der Waals surface area contributed by atoms with Gasteiger partial charge in [0.2, 0.25) is 5.91 Å². The Morgan fingerprint density at radius 2 is 1.88 bits per heavy atom. The van der Waals surface area contributed by atoms with Crippen molar-refractivity contribution in [3.8, 4) is 0 Å². The van der Waals surface area contributed by atoms with E-state index in [4.69, 9.17) is 11.6 Å². The molecule has 0 bridgehead atoms.